The van der Waals surface area contributed by atoms with Crippen molar-refractivity contribution in [3.8, 4) is 0 Å². The molecule has 3 nitrogen and oxygen atoms in total. The van der Waals surface area contributed by atoms with Crippen LogP contribution in [0.5, 0.6) is 0 Å². The number of nitrogens with zero attached hydrogens (tertiary/aromatic N) is 3. The van der Waals surface area contributed by atoms with Gasteiger partial charge in [0.2, 0.25) is 5.28 Å². The maximum Gasteiger partial charge on any atom is 0.224 e. The summed E-state index contributed by atoms with van der Waals surface area (Å²) in [5, 5.41) is 0.329. The van der Waals surface area contributed by atoms with E-state index in [0.717, 1.165) is 18.9 Å². The highest BCUT2D eigenvalue weighted by Gasteiger charge is 2.12. The second-order valence-corrected chi connectivity index (χ2v) is 4.35. The molecule has 13 heavy (non-hydrogen) atoms. The average molecular weight is 216 g/mol. The minimum atomic E-state index is 0.329. The molecule has 2 rings (SSSR count). The summed E-state index contributed by atoms with van der Waals surface area (Å²) < 4.78 is 0. The third-order valence-electron chi connectivity index (χ3n) is 1.95. The molecular weight excluding hydrogens is 206 g/mol. The van der Waals surface area contributed by atoms with Crippen molar-refractivity contribution in [1.29, 1.82) is 0 Å². The number of hydrogen-bond acceptors (Lipinski definition) is 4. The van der Waals surface area contributed by atoms with Gasteiger partial charge >= 0.3 is 0 Å². The lowest BCUT2D eigenvalue weighted by molar-refractivity contribution is 0.835. The van der Waals surface area contributed by atoms with Crippen molar-refractivity contribution >= 4 is 29.2 Å². The van der Waals surface area contributed by atoms with E-state index in [-0.39, 0.29) is 0 Å². The van der Waals surface area contributed by atoms with Crippen LogP contribution in [0.3, 0.4) is 0 Å². The van der Waals surface area contributed by atoms with Crippen molar-refractivity contribution < 1.29 is 0 Å². The lowest BCUT2D eigenvalue weighted by Crippen LogP contribution is -2.33. The second-order valence-electron chi connectivity index (χ2n) is 2.78. The van der Waals surface area contributed by atoms with E-state index in [2.05, 4.69) is 14.9 Å². The van der Waals surface area contributed by atoms with Crippen molar-refractivity contribution in [3.05, 3.63) is 17.5 Å². The summed E-state index contributed by atoms with van der Waals surface area (Å²) >= 11 is 7.69. The maximum absolute atomic E-state index is 5.71. The molecule has 70 valence electrons. The largest absolute Gasteiger partial charge is 0.355 e. The summed E-state index contributed by atoms with van der Waals surface area (Å²) in [6.07, 6.45) is 1.70. The molecule has 0 aromatic carbocycles. The Balaban J connectivity index is 2.14. The van der Waals surface area contributed by atoms with E-state index in [1.54, 1.807) is 6.20 Å². The van der Waals surface area contributed by atoms with Crippen LogP contribution in [-0.4, -0.2) is 34.6 Å². The molecule has 0 bridgehead atoms. The Morgan fingerprint density at radius 1 is 1.38 bits per heavy atom. The van der Waals surface area contributed by atoms with Crippen molar-refractivity contribution in [2.45, 2.75) is 0 Å². The summed E-state index contributed by atoms with van der Waals surface area (Å²) in [6, 6.07) is 1.90. The fraction of sp³-hybridized carbons (Fsp3) is 0.500. The first-order chi connectivity index (χ1) is 6.36. The molecule has 5 heteroatoms. The highest BCUT2D eigenvalue weighted by molar-refractivity contribution is 7.99. The molecule has 2 heterocycles. The number of thioether (sulfide) groups is 1. The minimum Gasteiger partial charge on any atom is -0.355 e. The van der Waals surface area contributed by atoms with Crippen molar-refractivity contribution in [1.82, 2.24) is 9.97 Å². The van der Waals surface area contributed by atoms with Crippen LogP contribution in [0.4, 0.5) is 5.82 Å². The zero-order valence-electron chi connectivity index (χ0n) is 7.11. The molecule has 1 fully saturated rings. The van der Waals surface area contributed by atoms with Gasteiger partial charge < -0.3 is 4.90 Å². The van der Waals surface area contributed by atoms with Gasteiger partial charge in [-0.3, -0.25) is 0 Å². The SMILES string of the molecule is Clc1nccc(N2CCSCC2)n1. The van der Waals surface area contributed by atoms with Crippen LogP contribution in [0, 0.1) is 0 Å². The van der Waals surface area contributed by atoms with Crippen LogP contribution >= 0.6 is 23.4 Å². The molecule has 1 aliphatic rings. The molecule has 0 N–H and O–H groups in total. The van der Waals surface area contributed by atoms with Gasteiger partial charge in [-0.15, -0.1) is 0 Å². The monoisotopic (exact) mass is 215 g/mol. The third kappa shape index (κ3) is 2.25. The fourth-order valence-electron chi connectivity index (χ4n) is 1.29. The molecular formula is C8H10ClN3S. The molecule has 0 saturated carbocycles. The van der Waals surface area contributed by atoms with E-state index in [4.69, 9.17) is 11.6 Å². The third-order valence-corrected chi connectivity index (χ3v) is 3.07. The van der Waals surface area contributed by atoms with Gasteiger partial charge in [-0.25, -0.2) is 9.97 Å². The van der Waals surface area contributed by atoms with Gasteiger partial charge in [-0.1, -0.05) is 0 Å². The first-order valence-corrected chi connectivity index (χ1v) is 5.71. The van der Waals surface area contributed by atoms with E-state index < -0.39 is 0 Å². The summed E-state index contributed by atoms with van der Waals surface area (Å²) in [5.74, 6) is 3.28. The first-order valence-electron chi connectivity index (χ1n) is 4.17. The summed E-state index contributed by atoms with van der Waals surface area (Å²) in [5.41, 5.74) is 0. The standard InChI is InChI=1S/C8H10ClN3S/c9-8-10-2-1-7(11-8)12-3-5-13-6-4-12/h1-2H,3-6H2. The van der Waals surface area contributed by atoms with E-state index in [9.17, 15) is 0 Å². The second kappa shape index (κ2) is 4.15. The number of halogens is 1. The van der Waals surface area contributed by atoms with E-state index >= 15 is 0 Å². The smallest absolute Gasteiger partial charge is 0.224 e. The van der Waals surface area contributed by atoms with Gasteiger partial charge in [0.15, 0.2) is 0 Å². The molecule has 1 aromatic rings. The molecule has 1 aromatic heterocycles. The van der Waals surface area contributed by atoms with E-state index in [0.29, 0.717) is 5.28 Å². The molecule has 1 aliphatic heterocycles. The van der Waals surface area contributed by atoms with Gasteiger partial charge in [0.05, 0.1) is 0 Å². The number of rotatable bonds is 1. The molecule has 0 atom stereocenters. The lowest BCUT2D eigenvalue weighted by Gasteiger charge is -2.27. The predicted octanol–water partition coefficient (Wildman–Crippen LogP) is 1.68. The van der Waals surface area contributed by atoms with Crippen molar-refractivity contribution in [2.75, 3.05) is 29.5 Å². The van der Waals surface area contributed by atoms with Crippen LogP contribution in [0.25, 0.3) is 0 Å². The van der Waals surface area contributed by atoms with Crippen LogP contribution in [0.2, 0.25) is 5.28 Å². The van der Waals surface area contributed by atoms with Gasteiger partial charge in [0, 0.05) is 30.8 Å². The molecule has 1 saturated heterocycles. The first kappa shape index (κ1) is 9.09. The molecule has 0 spiro atoms. The Kier molecular flexibility index (Phi) is 2.90. The van der Waals surface area contributed by atoms with E-state index in [1.807, 2.05) is 17.8 Å². The molecule has 0 unspecified atom stereocenters. The Morgan fingerprint density at radius 3 is 2.85 bits per heavy atom. The number of aromatic nitrogens is 2. The summed E-state index contributed by atoms with van der Waals surface area (Å²) in [7, 11) is 0. The van der Waals surface area contributed by atoms with Crippen LogP contribution in [0.15, 0.2) is 12.3 Å². The zero-order chi connectivity index (χ0) is 9.10. The molecule has 0 aliphatic carbocycles. The highest BCUT2D eigenvalue weighted by atomic mass is 35.5. The van der Waals surface area contributed by atoms with Crippen LogP contribution in [0.1, 0.15) is 0 Å². The Labute approximate surface area is 86.5 Å². The molecule has 0 radical (unpaired) electrons. The van der Waals surface area contributed by atoms with Gasteiger partial charge in [0.1, 0.15) is 5.82 Å². The summed E-state index contributed by atoms with van der Waals surface area (Å²) in [4.78, 5) is 10.3. The quantitative estimate of drug-likeness (QED) is 0.667. The minimum absolute atomic E-state index is 0.329. The van der Waals surface area contributed by atoms with Crippen LogP contribution in [-0.2, 0) is 0 Å². The maximum atomic E-state index is 5.71. The Bertz CT molecular complexity index is 288. The van der Waals surface area contributed by atoms with Crippen molar-refractivity contribution in [2.24, 2.45) is 0 Å². The fourth-order valence-corrected chi connectivity index (χ4v) is 2.34. The average Bonchev–Trinajstić information content (AvgIpc) is 2.19. The Hall–Kier alpha value is -0.480. The van der Waals surface area contributed by atoms with Crippen molar-refractivity contribution in [3.63, 3.8) is 0 Å². The van der Waals surface area contributed by atoms with E-state index in [1.165, 1.54) is 11.5 Å². The zero-order valence-corrected chi connectivity index (χ0v) is 8.68. The predicted molar refractivity (Wildman–Crippen MR) is 56.6 cm³/mol. The summed E-state index contributed by atoms with van der Waals surface area (Å²) in [6.45, 7) is 2.11. The normalized spacial score (nSPS) is 17.5. The lowest BCUT2D eigenvalue weighted by atomic mass is 10.4. The van der Waals surface area contributed by atoms with Gasteiger partial charge in [-0.2, -0.15) is 11.8 Å². The van der Waals surface area contributed by atoms with Gasteiger partial charge in [-0.05, 0) is 17.7 Å². The Morgan fingerprint density at radius 2 is 2.15 bits per heavy atom. The van der Waals surface area contributed by atoms with Crippen LogP contribution < -0.4 is 4.90 Å². The number of anilines is 1. The topological polar surface area (TPSA) is 29.0 Å². The molecule has 0 amide bonds. The number of hydrogen-bond donors (Lipinski definition) is 0. The highest BCUT2D eigenvalue weighted by Crippen LogP contribution is 2.17. The van der Waals surface area contributed by atoms with Gasteiger partial charge in [0.25, 0.3) is 0 Å².